The highest BCUT2D eigenvalue weighted by Gasteiger charge is 2.13. The van der Waals surface area contributed by atoms with E-state index in [1.54, 1.807) is 31.4 Å². The summed E-state index contributed by atoms with van der Waals surface area (Å²) in [5, 5.41) is 12.9. The molecule has 0 aromatic heterocycles. The SMILES string of the molecule is COc1ccc(C(O)CNC(=O)CC(C)CC(C)C)cc1. The monoisotopic (exact) mass is 293 g/mol. The van der Waals surface area contributed by atoms with Crippen molar-refractivity contribution in [1.82, 2.24) is 5.32 Å². The summed E-state index contributed by atoms with van der Waals surface area (Å²) < 4.78 is 5.07. The molecule has 0 aliphatic heterocycles. The second-order valence-corrected chi connectivity index (χ2v) is 6.03. The molecule has 0 fully saturated rings. The van der Waals surface area contributed by atoms with E-state index in [4.69, 9.17) is 4.74 Å². The van der Waals surface area contributed by atoms with Gasteiger partial charge < -0.3 is 15.2 Å². The summed E-state index contributed by atoms with van der Waals surface area (Å²) in [5.41, 5.74) is 0.770. The maximum atomic E-state index is 11.8. The van der Waals surface area contributed by atoms with Crippen molar-refractivity contribution in [2.45, 2.75) is 39.7 Å². The molecule has 2 atom stereocenters. The molecule has 0 aliphatic rings. The predicted molar refractivity (Wildman–Crippen MR) is 84.2 cm³/mol. The van der Waals surface area contributed by atoms with Crippen molar-refractivity contribution in [2.75, 3.05) is 13.7 Å². The summed E-state index contributed by atoms with van der Waals surface area (Å²) in [6.45, 7) is 6.63. The van der Waals surface area contributed by atoms with Crippen LogP contribution >= 0.6 is 0 Å². The number of aliphatic hydroxyl groups is 1. The molecule has 0 bridgehead atoms. The molecule has 4 heteroatoms. The van der Waals surface area contributed by atoms with Crippen molar-refractivity contribution in [3.63, 3.8) is 0 Å². The Morgan fingerprint density at radius 3 is 2.38 bits per heavy atom. The number of methoxy groups -OCH3 is 1. The predicted octanol–water partition coefficient (Wildman–Crippen LogP) is 2.92. The van der Waals surface area contributed by atoms with Crippen LogP contribution in [0.5, 0.6) is 5.75 Å². The summed E-state index contributed by atoms with van der Waals surface area (Å²) >= 11 is 0. The lowest BCUT2D eigenvalue weighted by Crippen LogP contribution is -2.29. The van der Waals surface area contributed by atoms with Crippen LogP contribution in [0.25, 0.3) is 0 Å². The first-order valence-corrected chi connectivity index (χ1v) is 7.51. The van der Waals surface area contributed by atoms with E-state index in [0.29, 0.717) is 18.3 Å². The van der Waals surface area contributed by atoms with Gasteiger partial charge in [0.1, 0.15) is 5.75 Å². The van der Waals surface area contributed by atoms with Gasteiger partial charge in [0, 0.05) is 13.0 Å². The average molecular weight is 293 g/mol. The standard InChI is InChI=1S/C17H27NO3/c1-12(2)9-13(3)10-17(20)18-11-16(19)14-5-7-15(21-4)8-6-14/h5-8,12-13,16,19H,9-11H2,1-4H3,(H,18,20). The van der Waals surface area contributed by atoms with E-state index in [9.17, 15) is 9.90 Å². The molecule has 21 heavy (non-hydrogen) atoms. The zero-order valence-corrected chi connectivity index (χ0v) is 13.4. The zero-order chi connectivity index (χ0) is 15.8. The van der Waals surface area contributed by atoms with Gasteiger partial charge in [0.05, 0.1) is 13.2 Å². The molecule has 4 nitrogen and oxygen atoms in total. The minimum Gasteiger partial charge on any atom is -0.497 e. The number of carbonyl (C=O) groups excluding carboxylic acids is 1. The van der Waals surface area contributed by atoms with Gasteiger partial charge in [0.2, 0.25) is 5.91 Å². The minimum absolute atomic E-state index is 0.00397. The summed E-state index contributed by atoms with van der Waals surface area (Å²) in [4.78, 5) is 11.8. The number of nitrogens with one attached hydrogen (secondary N) is 1. The quantitative estimate of drug-likeness (QED) is 0.775. The molecule has 0 saturated heterocycles. The molecule has 2 N–H and O–H groups in total. The van der Waals surface area contributed by atoms with Gasteiger partial charge in [-0.2, -0.15) is 0 Å². The van der Waals surface area contributed by atoms with E-state index in [0.717, 1.165) is 17.7 Å². The summed E-state index contributed by atoms with van der Waals surface area (Å²) in [6, 6.07) is 7.20. The van der Waals surface area contributed by atoms with E-state index < -0.39 is 6.10 Å². The Balaban J connectivity index is 2.37. The maximum Gasteiger partial charge on any atom is 0.220 e. The average Bonchev–Trinajstić information content (AvgIpc) is 2.43. The van der Waals surface area contributed by atoms with Crippen molar-refractivity contribution in [1.29, 1.82) is 0 Å². The first-order valence-electron chi connectivity index (χ1n) is 7.51. The Kier molecular flexibility index (Phi) is 7.23. The van der Waals surface area contributed by atoms with Crippen molar-refractivity contribution in [2.24, 2.45) is 11.8 Å². The zero-order valence-electron chi connectivity index (χ0n) is 13.4. The molecule has 1 aromatic rings. The Labute approximate surface area is 127 Å². The smallest absolute Gasteiger partial charge is 0.220 e. The largest absolute Gasteiger partial charge is 0.497 e. The molecule has 0 radical (unpaired) electrons. The van der Waals surface area contributed by atoms with Crippen molar-refractivity contribution in [3.05, 3.63) is 29.8 Å². The molecular formula is C17H27NO3. The minimum atomic E-state index is -0.694. The van der Waals surface area contributed by atoms with E-state index in [1.807, 2.05) is 0 Å². The normalized spacial score (nSPS) is 13.8. The van der Waals surface area contributed by atoms with Gasteiger partial charge in [0.25, 0.3) is 0 Å². The molecule has 1 aromatic carbocycles. The third-order valence-electron chi connectivity index (χ3n) is 3.40. The topological polar surface area (TPSA) is 58.6 Å². The number of ether oxygens (including phenoxy) is 1. The maximum absolute atomic E-state index is 11.8. The third kappa shape index (κ3) is 6.63. The van der Waals surface area contributed by atoms with Crippen LogP contribution < -0.4 is 10.1 Å². The van der Waals surface area contributed by atoms with Gasteiger partial charge >= 0.3 is 0 Å². The van der Waals surface area contributed by atoms with Crippen LogP contribution in [0.4, 0.5) is 0 Å². The molecule has 0 aliphatic carbocycles. The highest BCUT2D eigenvalue weighted by atomic mass is 16.5. The van der Waals surface area contributed by atoms with Crippen molar-refractivity contribution in [3.8, 4) is 5.75 Å². The van der Waals surface area contributed by atoms with Crippen LogP contribution in [0.15, 0.2) is 24.3 Å². The van der Waals surface area contributed by atoms with Crippen LogP contribution in [0.3, 0.4) is 0 Å². The van der Waals surface area contributed by atoms with Crippen LogP contribution in [-0.4, -0.2) is 24.7 Å². The number of carbonyl (C=O) groups is 1. The van der Waals surface area contributed by atoms with Gasteiger partial charge in [-0.05, 0) is 36.0 Å². The van der Waals surface area contributed by atoms with E-state index >= 15 is 0 Å². The number of hydrogen-bond acceptors (Lipinski definition) is 3. The van der Waals surface area contributed by atoms with Gasteiger partial charge in [-0.1, -0.05) is 32.9 Å². The first-order chi connectivity index (χ1) is 9.92. The van der Waals surface area contributed by atoms with Crippen LogP contribution in [0, 0.1) is 11.8 Å². The molecule has 0 saturated carbocycles. The number of aliphatic hydroxyl groups excluding tert-OH is 1. The fraction of sp³-hybridized carbons (Fsp3) is 0.588. The van der Waals surface area contributed by atoms with Gasteiger partial charge in [-0.15, -0.1) is 0 Å². The van der Waals surface area contributed by atoms with Crippen LogP contribution in [0.1, 0.15) is 45.3 Å². The van der Waals surface area contributed by atoms with Gasteiger partial charge in [-0.25, -0.2) is 0 Å². The van der Waals surface area contributed by atoms with Gasteiger partial charge in [0.15, 0.2) is 0 Å². The van der Waals surface area contributed by atoms with Crippen LogP contribution in [0.2, 0.25) is 0 Å². The highest BCUT2D eigenvalue weighted by Crippen LogP contribution is 2.17. The number of hydrogen-bond donors (Lipinski definition) is 2. The molecule has 0 spiro atoms. The molecule has 1 amide bonds. The Morgan fingerprint density at radius 1 is 1.24 bits per heavy atom. The number of benzene rings is 1. The fourth-order valence-electron chi connectivity index (χ4n) is 2.43. The molecule has 118 valence electrons. The van der Waals surface area contributed by atoms with E-state index in [2.05, 4.69) is 26.1 Å². The van der Waals surface area contributed by atoms with Crippen molar-refractivity contribution >= 4 is 5.91 Å². The Hall–Kier alpha value is -1.55. The van der Waals surface area contributed by atoms with E-state index in [1.165, 1.54) is 0 Å². The lowest BCUT2D eigenvalue weighted by molar-refractivity contribution is -0.122. The lowest BCUT2D eigenvalue weighted by atomic mass is 9.96. The second kappa shape index (κ2) is 8.67. The molecule has 2 unspecified atom stereocenters. The fourth-order valence-corrected chi connectivity index (χ4v) is 2.43. The molecule has 0 heterocycles. The molecular weight excluding hydrogens is 266 g/mol. The second-order valence-electron chi connectivity index (χ2n) is 6.03. The Morgan fingerprint density at radius 2 is 1.86 bits per heavy atom. The highest BCUT2D eigenvalue weighted by molar-refractivity contribution is 5.76. The summed E-state index contributed by atoms with van der Waals surface area (Å²) in [5.74, 6) is 1.70. The number of amides is 1. The van der Waals surface area contributed by atoms with E-state index in [-0.39, 0.29) is 12.5 Å². The summed E-state index contributed by atoms with van der Waals surface area (Å²) in [7, 11) is 1.60. The first kappa shape index (κ1) is 17.5. The van der Waals surface area contributed by atoms with Crippen molar-refractivity contribution < 1.29 is 14.6 Å². The molecule has 1 rings (SSSR count). The van der Waals surface area contributed by atoms with Gasteiger partial charge in [-0.3, -0.25) is 4.79 Å². The van der Waals surface area contributed by atoms with Crippen LogP contribution in [-0.2, 0) is 4.79 Å². The summed E-state index contributed by atoms with van der Waals surface area (Å²) in [6.07, 6.45) is 0.849. The Bertz CT molecular complexity index is 428. The third-order valence-corrected chi connectivity index (χ3v) is 3.40. The lowest BCUT2D eigenvalue weighted by Gasteiger charge is -2.16. The number of rotatable bonds is 8.